The molecule has 3 atom stereocenters. The van der Waals surface area contributed by atoms with E-state index in [1.165, 1.54) is 5.56 Å². The second-order valence-electron chi connectivity index (χ2n) is 6.20. The van der Waals surface area contributed by atoms with Gasteiger partial charge in [0.05, 0.1) is 17.9 Å². The van der Waals surface area contributed by atoms with Crippen molar-refractivity contribution in [2.45, 2.75) is 38.1 Å². The number of aryl methyl sites for hydroxylation is 1. The number of likely N-dealkylation sites (tertiary alicyclic amines) is 1. The van der Waals surface area contributed by atoms with E-state index in [9.17, 15) is 9.59 Å². The van der Waals surface area contributed by atoms with Crippen molar-refractivity contribution < 1.29 is 9.59 Å². The van der Waals surface area contributed by atoms with Crippen LogP contribution in [0.4, 0.5) is 5.69 Å². The molecule has 0 aromatic heterocycles. The second kappa shape index (κ2) is 4.08. The molecule has 1 heterocycles. The van der Waals surface area contributed by atoms with Crippen molar-refractivity contribution in [3.8, 4) is 0 Å². The van der Waals surface area contributed by atoms with Crippen LogP contribution in [0.15, 0.2) is 18.2 Å². The molecule has 2 fully saturated rings. The number of amides is 2. The van der Waals surface area contributed by atoms with Crippen LogP contribution in [0.5, 0.6) is 0 Å². The van der Waals surface area contributed by atoms with Gasteiger partial charge in [0.2, 0.25) is 11.8 Å². The first-order valence-electron chi connectivity index (χ1n) is 7.42. The molecule has 104 valence electrons. The summed E-state index contributed by atoms with van der Waals surface area (Å²) in [5.74, 6) is 0.0417. The largest absolute Gasteiger partial charge is 0.399 e. The highest BCUT2D eigenvalue weighted by molar-refractivity contribution is 6.06. The lowest BCUT2D eigenvalue weighted by Gasteiger charge is -2.24. The quantitative estimate of drug-likeness (QED) is 0.627. The second-order valence-corrected chi connectivity index (χ2v) is 6.20. The molecule has 0 spiro atoms. The first-order chi connectivity index (χ1) is 9.66. The highest BCUT2D eigenvalue weighted by Gasteiger charge is 2.52. The number of anilines is 1. The predicted molar refractivity (Wildman–Crippen MR) is 74.6 cm³/mol. The van der Waals surface area contributed by atoms with Gasteiger partial charge < -0.3 is 5.73 Å². The summed E-state index contributed by atoms with van der Waals surface area (Å²) in [6.07, 6.45) is 4.52. The number of carbonyl (C=O) groups is 2. The van der Waals surface area contributed by atoms with Crippen LogP contribution in [0.1, 0.15) is 42.9 Å². The average Bonchev–Trinajstić information content (AvgIpc) is 3.09. The lowest BCUT2D eigenvalue weighted by molar-refractivity contribution is -0.143. The molecule has 4 nitrogen and oxygen atoms in total. The van der Waals surface area contributed by atoms with E-state index < -0.39 is 0 Å². The number of nitrogen functional groups attached to an aromatic ring is 1. The Hall–Kier alpha value is -1.84. The maximum atomic E-state index is 12.5. The zero-order chi connectivity index (χ0) is 13.9. The first kappa shape index (κ1) is 11.9. The Morgan fingerprint density at radius 3 is 2.45 bits per heavy atom. The SMILES string of the molecule is Nc1ccc2c(c1)CCC2N1C(=O)C2CCCC2C1=O. The van der Waals surface area contributed by atoms with Gasteiger partial charge in [-0.3, -0.25) is 14.5 Å². The Morgan fingerprint density at radius 1 is 1.05 bits per heavy atom. The van der Waals surface area contributed by atoms with Crippen molar-refractivity contribution in [1.82, 2.24) is 4.90 Å². The zero-order valence-corrected chi connectivity index (χ0v) is 11.3. The number of hydrogen-bond donors (Lipinski definition) is 1. The Labute approximate surface area is 117 Å². The van der Waals surface area contributed by atoms with E-state index in [1.54, 1.807) is 4.90 Å². The normalized spacial score (nSPS) is 31.8. The van der Waals surface area contributed by atoms with E-state index in [4.69, 9.17) is 5.73 Å². The molecule has 2 aliphatic carbocycles. The molecule has 3 unspecified atom stereocenters. The van der Waals surface area contributed by atoms with E-state index in [-0.39, 0.29) is 29.7 Å². The standard InChI is InChI=1S/C16H18N2O2/c17-10-5-6-11-9(8-10)4-7-14(11)18-15(19)12-2-1-3-13(12)16(18)20/h5-6,8,12-14H,1-4,7,17H2. The minimum Gasteiger partial charge on any atom is -0.399 e. The van der Waals surface area contributed by atoms with Crippen LogP contribution in [-0.4, -0.2) is 16.7 Å². The van der Waals surface area contributed by atoms with Crippen LogP contribution in [-0.2, 0) is 16.0 Å². The molecule has 1 saturated carbocycles. The van der Waals surface area contributed by atoms with E-state index in [0.717, 1.165) is 43.4 Å². The first-order valence-corrected chi connectivity index (χ1v) is 7.42. The number of nitrogens with zero attached hydrogens (tertiary/aromatic N) is 1. The van der Waals surface area contributed by atoms with Gasteiger partial charge in [0.15, 0.2) is 0 Å². The van der Waals surface area contributed by atoms with Crippen molar-refractivity contribution >= 4 is 17.5 Å². The van der Waals surface area contributed by atoms with Crippen molar-refractivity contribution in [2.24, 2.45) is 11.8 Å². The fraction of sp³-hybridized carbons (Fsp3) is 0.500. The minimum absolute atomic E-state index is 0.0414. The lowest BCUT2D eigenvalue weighted by Crippen LogP contribution is -2.34. The van der Waals surface area contributed by atoms with Crippen molar-refractivity contribution in [3.63, 3.8) is 0 Å². The highest BCUT2D eigenvalue weighted by atomic mass is 16.2. The number of carbonyl (C=O) groups excluding carboxylic acids is 2. The lowest BCUT2D eigenvalue weighted by atomic mass is 10.00. The summed E-state index contributed by atoms with van der Waals surface area (Å²) in [5.41, 5.74) is 8.86. The minimum atomic E-state index is -0.0591. The summed E-state index contributed by atoms with van der Waals surface area (Å²) in [6, 6.07) is 5.76. The average molecular weight is 270 g/mol. The molecule has 4 rings (SSSR count). The molecule has 0 bridgehead atoms. The van der Waals surface area contributed by atoms with Crippen molar-refractivity contribution in [2.75, 3.05) is 5.73 Å². The third-order valence-corrected chi connectivity index (χ3v) is 5.15. The van der Waals surface area contributed by atoms with Gasteiger partial charge in [0.25, 0.3) is 0 Å². The fourth-order valence-corrected chi connectivity index (χ4v) is 4.21. The monoisotopic (exact) mass is 270 g/mol. The highest BCUT2D eigenvalue weighted by Crippen LogP contribution is 2.46. The molecule has 1 aromatic rings. The van der Waals surface area contributed by atoms with E-state index in [2.05, 4.69) is 0 Å². The van der Waals surface area contributed by atoms with Crippen LogP contribution >= 0.6 is 0 Å². The Morgan fingerprint density at radius 2 is 1.75 bits per heavy atom. The van der Waals surface area contributed by atoms with E-state index >= 15 is 0 Å². The van der Waals surface area contributed by atoms with Crippen molar-refractivity contribution in [1.29, 1.82) is 0 Å². The summed E-state index contributed by atoms with van der Waals surface area (Å²) in [6.45, 7) is 0. The summed E-state index contributed by atoms with van der Waals surface area (Å²) in [4.78, 5) is 26.6. The van der Waals surface area contributed by atoms with Crippen LogP contribution in [0.25, 0.3) is 0 Å². The number of imide groups is 1. The maximum Gasteiger partial charge on any atom is 0.233 e. The summed E-state index contributed by atoms with van der Waals surface area (Å²) < 4.78 is 0. The number of hydrogen-bond acceptors (Lipinski definition) is 3. The van der Waals surface area contributed by atoms with Gasteiger partial charge in [-0.1, -0.05) is 12.5 Å². The zero-order valence-electron chi connectivity index (χ0n) is 11.3. The van der Waals surface area contributed by atoms with Gasteiger partial charge in [-0.2, -0.15) is 0 Å². The Bertz CT molecular complexity index is 588. The van der Waals surface area contributed by atoms with Gasteiger partial charge >= 0.3 is 0 Å². The van der Waals surface area contributed by atoms with Crippen LogP contribution in [0.3, 0.4) is 0 Å². The molecular formula is C16H18N2O2. The maximum absolute atomic E-state index is 12.5. The summed E-state index contributed by atoms with van der Waals surface area (Å²) >= 11 is 0. The van der Waals surface area contributed by atoms with Crippen LogP contribution < -0.4 is 5.73 Å². The molecule has 1 aliphatic heterocycles. The van der Waals surface area contributed by atoms with Gasteiger partial charge in [0.1, 0.15) is 0 Å². The number of benzene rings is 1. The molecule has 3 aliphatic rings. The van der Waals surface area contributed by atoms with Crippen molar-refractivity contribution in [3.05, 3.63) is 29.3 Å². The van der Waals surface area contributed by atoms with Gasteiger partial charge in [-0.25, -0.2) is 0 Å². The van der Waals surface area contributed by atoms with Gasteiger partial charge in [-0.05, 0) is 48.9 Å². The number of fused-ring (bicyclic) bond motifs is 2. The third-order valence-electron chi connectivity index (χ3n) is 5.15. The Balaban J connectivity index is 1.70. The van der Waals surface area contributed by atoms with Crippen LogP contribution in [0, 0.1) is 11.8 Å². The molecule has 0 radical (unpaired) electrons. The molecule has 2 amide bonds. The molecule has 1 aromatic carbocycles. The van der Waals surface area contributed by atoms with Gasteiger partial charge in [-0.15, -0.1) is 0 Å². The van der Waals surface area contributed by atoms with E-state index in [0.29, 0.717) is 0 Å². The Kier molecular flexibility index (Phi) is 2.43. The van der Waals surface area contributed by atoms with Gasteiger partial charge in [0, 0.05) is 5.69 Å². The number of rotatable bonds is 1. The molecule has 2 N–H and O–H groups in total. The number of nitrogens with two attached hydrogens (primary N) is 1. The topological polar surface area (TPSA) is 63.4 Å². The third kappa shape index (κ3) is 1.48. The molecule has 1 saturated heterocycles. The summed E-state index contributed by atoms with van der Waals surface area (Å²) in [7, 11) is 0. The fourth-order valence-electron chi connectivity index (χ4n) is 4.21. The molecule has 20 heavy (non-hydrogen) atoms. The molecular weight excluding hydrogens is 252 g/mol. The van der Waals surface area contributed by atoms with E-state index in [1.807, 2.05) is 18.2 Å². The smallest absolute Gasteiger partial charge is 0.233 e. The summed E-state index contributed by atoms with van der Waals surface area (Å²) in [5, 5.41) is 0. The molecule has 4 heteroatoms. The van der Waals surface area contributed by atoms with Crippen LogP contribution in [0.2, 0.25) is 0 Å². The predicted octanol–water partition coefficient (Wildman–Crippen LogP) is 2.04.